The fourth-order valence-electron chi connectivity index (χ4n) is 13.4. The van der Waals surface area contributed by atoms with Gasteiger partial charge in [0.15, 0.2) is 17.5 Å². The lowest BCUT2D eigenvalue weighted by Crippen LogP contribution is -2.45. The molecule has 7 aliphatic heterocycles. The monoisotopic (exact) mass is 1760 g/mol. The molecule has 618 valence electrons. The van der Waals surface area contributed by atoms with Crippen LogP contribution in [0.15, 0.2) is 134 Å². The highest BCUT2D eigenvalue weighted by Crippen LogP contribution is 2.38. The van der Waals surface area contributed by atoms with Crippen LogP contribution in [0.2, 0.25) is 0 Å². The molecule has 6 atom stereocenters. The Labute approximate surface area is 695 Å². The van der Waals surface area contributed by atoms with Crippen molar-refractivity contribution in [2.24, 2.45) is 15.9 Å². The molecule has 0 bridgehead atoms. The number of fused-ring (bicyclic) bond motifs is 3. The van der Waals surface area contributed by atoms with Gasteiger partial charge in [0.2, 0.25) is 29.6 Å². The van der Waals surface area contributed by atoms with Crippen LogP contribution in [-0.2, 0) is 71.5 Å². The number of anilines is 4. The molecular weight excluding hydrogens is 1670 g/mol. The van der Waals surface area contributed by atoms with Crippen LogP contribution in [0, 0.1) is 38.2 Å². The summed E-state index contributed by atoms with van der Waals surface area (Å²) in [4.78, 5) is 67.2. The van der Waals surface area contributed by atoms with Crippen LogP contribution in [-0.4, -0.2) is 207 Å². The molecular formula is C78H89BBr2F3N19O13S. The third-order valence-corrected chi connectivity index (χ3v) is 20.5. The van der Waals surface area contributed by atoms with E-state index < -0.39 is 19.0 Å². The maximum Gasteiger partial charge on any atom is 0.513 e. The topological polar surface area (TPSA) is 404 Å². The number of aryl methyl sites for hydroxylation is 3. The van der Waals surface area contributed by atoms with Crippen molar-refractivity contribution in [3.05, 3.63) is 209 Å². The standard InChI is InChI=1S/C24H26FN7O4.C19H21BrFN5O3.C16H19BN2O3.C14H12BrFN4S.C5H11NO3/c1-13-21-19(30-24(26)28-13)10-18(29-23(21)32-36-12-15-11-34-7-8-35-15)16-4-3-14(25)9-17(16)22-27-6-5-20(31-22)33-2;1-10-17-16(25-19(22)23-10)7-15(13-3-2-11(21)6-14(13)20)24-18(17)26-29-9-12-8-27-4-5-28-12;1-20-16-9-5-8-15(18-16)17-21-12-10-19(11-13-22-17)14-6-3-2-4-7-14;1-6-12-11(20-14(17)18-6)5-10(19-13(12)21)8-3-2-7(16)4-9(8)15;6-9-4-5-3-7-1-2-8-5/h3-6,9,15,18H,7-8,10-12H2,1-2H3,(H,29,32)(H2,26,28,30);2-3,6,12,15H,4-5,7-9H2,1H3,(H,24,26)(H2,22,23,25);2-9H,10-13H2,1H3;2-4,10H,5H2,1H3,(H,19,21)(H2,17,18,20);5H,1-4,6H2/t15-,18-;12-,15-;;10-;5-/m11.11/s1. The Morgan fingerprint density at radius 3 is 1.54 bits per heavy atom. The minimum absolute atomic E-state index is 0.0312. The number of nitrogens with one attached hydrogen (secondary N) is 3. The van der Waals surface area contributed by atoms with Crippen LogP contribution < -0.4 is 59.3 Å². The maximum absolute atomic E-state index is 14.3. The van der Waals surface area contributed by atoms with Gasteiger partial charge in [-0.2, -0.15) is 4.98 Å². The summed E-state index contributed by atoms with van der Waals surface area (Å²) < 4.78 is 96.7. The first-order valence-electron chi connectivity index (χ1n) is 37.4. The second kappa shape index (κ2) is 42.6. The zero-order valence-corrected chi connectivity index (χ0v) is 68.7. The van der Waals surface area contributed by atoms with E-state index in [-0.39, 0.29) is 66.5 Å². The normalized spacial score (nSPS) is 19.6. The van der Waals surface area contributed by atoms with E-state index in [1.807, 2.05) is 57.2 Å². The smallest absolute Gasteiger partial charge is 0.481 e. The molecule has 4 saturated heterocycles. The predicted molar refractivity (Wildman–Crippen MR) is 440 cm³/mol. The molecule has 9 aromatic rings. The van der Waals surface area contributed by atoms with Gasteiger partial charge in [-0.3, -0.25) is 19.7 Å². The highest BCUT2D eigenvalue weighted by atomic mass is 79.9. The number of hydrogen-bond acceptors (Lipinski definition) is 32. The molecule has 7 aliphatic rings. The number of benzene rings is 4. The summed E-state index contributed by atoms with van der Waals surface area (Å²) in [7, 11) is 2.67. The van der Waals surface area contributed by atoms with Crippen molar-refractivity contribution < 1.29 is 74.9 Å². The van der Waals surface area contributed by atoms with E-state index in [0.717, 1.165) is 58.0 Å². The van der Waals surface area contributed by atoms with Gasteiger partial charge >= 0.3 is 7.12 Å². The van der Waals surface area contributed by atoms with Crippen LogP contribution in [0.3, 0.4) is 0 Å². The summed E-state index contributed by atoms with van der Waals surface area (Å²) in [5, 5.41) is 3.27. The molecule has 0 aliphatic carbocycles. The third-order valence-electron chi connectivity index (χ3n) is 18.8. The molecule has 4 fully saturated rings. The fraction of sp³-hybridized carbons (Fsp3) is 0.385. The number of amidine groups is 2. The van der Waals surface area contributed by atoms with Crippen molar-refractivity contribution in [1.29, 1.82) is 0 Å². The van der Waals surface area contributed by atoms with Gasteiger partial charge in [-0.25, -0.2) is 69.9 Å². The predicted octanol–water partition coefficient (Wildman–Crippen LogP) is 7.66. The lowest BCUT2D eigenvalue weighted by molar-refractivity contribution is -0.122. The summed E-state index contributed by atoms with van der Waals surface area (Å²) in [5.74, 6) is 6.61. The Morgan fingerprint density at radius 1 is 0.538 bits per heavy atom. The molecule has 0 spiro atoms. The number of hydrogen-bond donors (Lipinski definition) is 7. The number of nitrogens with two attached hydrogens (primary N) is 4. The van der Waals surface area contributed by atoms with Gasteiger partial charge in [-0.05, 0) is 92.1 Å². The van der Waals surface area contributed by atoms with Gasteiger partial charge in [0.1, 0.15) is 54.0 Å². The van der Waals surface area contributed by atoms with Gasteiger partial charge in [0, 0.05) is 84.1 Å². The molecule has 4 aromatic carbocycles. The van der Waals surface area contributed by atoms with E-state index in [2.05, 4.69) is 115 Å². The van der Waals surface area contributed by atoms with Crippen LogP contribution in [0.5, 0.6) is 11.8 Å². The first-order chi connectivity index (χ1) is 56.8. The van der Waals surface area contributed by atoms with Crippen molar-refractivity contribution in [3.8, 4) is 23.1 Å². The zero-order chi connectivity index (χ0) is 82.3. The fourth-order valence-corrected chi connectivity index (χ4v) is 15.1. The van der Waals surface area contributed by atoms with Gasteiger partial charge in [0.05, 0.1) is 155 Å². The number of methoxy groups -OCH3 is 2. The Kier molecular flexibility index (Phi) is 31.6. The van der Waals surface area contributed by atoms with E-state index in [1.54, 1.807) is 37.6 Å². The average molecular weight is 1760 g/mol. The number of pyridine rings is 1. The van der Waals surface area contributed by atoms with Gasteiger partial charge in [0.25, 0.3) is 0 Å². The van der Waals surface area contributed by atoms with E-state index in [0.29, 0.717) is 182 Å². The molecule has 0 amide bonds. The zero-order valence-electron chi connectivity index (χ0n) is 64.7. The first-order valence-corrected chi connectivity index (χ1v) is 39.4. The summed E-state index contributed by atoms with van der Waals surface area (Å²) in [6, 6.07) is 30.3. The number of para-hydroxylation sites is 1. The van der Waals surface area contributed by atoms with Gasteiger partial charge in [-0.15, -0.1) is 0 Å². The number of thiocarbonyl (C=S) groups is 1. The average Bonchev–Trinajstić information content (AvgIpc) is 0.822. The van der Waals surface area contributed by atoms with E-state index in [4.69, 9.17) is 102 Å². The second-order valence-corrected chi connectivity index (χ2v) is 29.1. The molecule has 11 N–H and O–H groups in total. The highest BCUT2D eigenvalue weighted by molar-refractivity contribution is 9.10. The quantitative estimate of drug-likeness (QED) is 0.0277. The van der Waals surface area contributed by atoms with Gasteiger partial charge in [-0.1, -0.05) is 86.5 Å². The lowest BCUT2D eigenvalue weighted by atomic mass is 9.83. The summed E-state index contributed by atoms with van der Waals surface area (Å²) in [5.41, 5.74) is 35.0. The van der Waals surface area contributed by atoms with Crippen LogP contribution in [0.25, 0.3) is 11.4 Å². The number of halogens is 5. The van der Waals surface area contributed by atoms with Crippen LogP contribution in [0.1, 0.15) is 85.7 Å². The Morgan fingerprint density at radius 2 is 1.03 bits per heavy atom. The van der Waals surface area contributed by atoms with E-state index in [9.17, 15) is 13.2 Å². The van der Waals surface area contributed by atoms with Gasteiger partial charge < -0.3 is 79.5 Å². The molecule has 0 saturated carbocycles. The van der Waals surface area contributed by atoms with Crippen molar-refractivity contribution in [2.45, 2.75) is 76.5 Å². The number of nitrogens with zero attached hydrogens (tertiary/aromatic N) is 12. The summed E-state index contributed by atoms with van der Waals surface area (Å²) >= 11 is 12.2. The molecule has 0 unspecified atom stereocenters. The number of ether oxygens (including phenoxy) is 8. The highest BCUT2D eigenvalue weighted by Gasteiger charge is 2.34. The van der Waals surface area contributed by atoms with E-state index >= 15 is 0 Å². The lowest BCUT2D eigenvalue weighted by Gasteiger charge is -2.28. The van der Waals surface area contributed by atoms with Crippen molar-refractivity contribution >= 4 is 97.0 Å². The largest absolute Gasteiger partial charge is 0.513 e. The van der Waals surface area contributed by atoms with E-state index in [1.165, 1.54) is 49.2 Å². The third kappa shape index (κ3) is 23.8. The molecule has 39 heteroatoms. The molecule has 12 heterocycles. The number of aromatic nitrogens is 9. The Bertz CT molecular complexity index is 4910. The maximum atomic E-state index is 14.3. The van der Waals surface area contributed by atoms with Crippen LogP contribution in [0.4, 0.5) is 36.7 Å². The molecule has 0 radical (unpaired) electrons. The summed E-state index contributed by atoms with van der Waals surface area (Å²) in [6.07, 6.45) is 2.80. The Hall–Kier alpha value is -9.69. The minimum Gasteiger partial charge on any atom is -0.481 e. The number of nitrogen functional groups attached to an aromatic ring is 3. The molecule has 32 nitrogen and oxygen atoms in total. The van der Waals surface area contributed by atoms with Crippen molar-refractivity contribution in [2.75, 3.05) is 142 Å². The summed E-state index contributed by atoms with van der Waals surface area (Å²) in [6.45, 7) is 14.4. The van der Waals surface area contributed by atoms with Crippen molar-refractivity contribution in [1.82, 2.24) is 61.1 Å². The number of rotatable bonds is 16. The Balaban J connectivity index is 0.000000141. The molecule has 117 heavy (non-hydrogen) atoms. The number of hydroxylamine groups is 2. The van der Waals surface area contributed by atoms with Crippen molar-refractivity contribution in [3.63, 3.8) is 0 Å². The first kappa shape index (κ1) is 86.7. The second-order valence-electron chi connectivity index (χ2n) is 26.9. The van der Waals surface area contributed by atoms with Crippen LogP contribution >= 0.6 is 44.1 Å². The number of aliphatic imine (C=N–C) groups is 2. The molecule has 16 rings (SSSR count). The SMILES string of the molecule is COc1cccc(B2OCCN(c3ccccc3)CCO2)n1.COc1ccnc(-c2cc(F)ccc2[C@H]2Cc3nc(N)nc(C)c3C(NOC[C@H]3COCCO3)=N2)n1.Cc1nc(N)nc2c1C(=S)N[C@@H](c1ccc(F)cc1Br)C2.Cc1nc(N)nc2c1C(NOC[C@H]1COCCO1)=N[C@@H](c1ccc(F)cc1Br)C2.NOC[C@H]1COCCO1. The molecule has 5 aromatic heterocycles. The minimum atomic E-state index is -0.447.